The van der Waals surface area contributed by atoms with E-state index < -0.39 is 18.8 Å². The van der Waals surface area contributed by atoms with Gasteiger partial charge in [-0.25, -0.2) is 9.59 Å². The van der Waals surface area contributed by atoms with Crippen molar-refractivity contribution in [2.75, 3.05) is 0 Å². The fourth-order valence-corrected chi connectivity index (χ4v) is 3.73. The van der Waals surface area contributed by atoms with E-state index in [-0.39, 0.29) is 11.8 Å². The van der Waals surface area contributed by atoms with Crippen LogP contribution in [-0.2, 0) is 4.57 Å². The van der Waals surface area contributed by atoms with Gasteiger partial charge in [-0.05, 0) is 35.1 Å². The third-order valence-electron chi connectivity index (χ3n) is 4.00. The van der Waals surface area contributed by atoms with Gasteiger partial charge in [-0.1, -0.05) is 68.7 Å². The van der Waals surface area contributed by atoms with E-state index in [4.69, 9.17) is 0 Å². The molecule has 0 saturated carbocycles. The van der Waals surface area contributed by atoms with Gasteiger partial charge in [0, 0.05) is 0 Å². The van der Waals surface area contributed by atoms with E-state index >= 15 is 0 Å². The molecule has 0 atom stereocenters. The van der Waals surface area contributed by atoms with E-state index in [0.717, 1.165) is 11.1 Å². The van der Waals surface area contributed by atoms with Crippen LogP contribution >= 0.6 is 7.80 Å². The van der Waals surface area contributed by atoms with Gasteiger partial charge in [0.25, 0.3) is 0 Å². The van der Waals surface area contributed by atoms with Crippen molar-refractivity contribution in [1.82, 2.24) is 0 Å². The minimum absolute atomic E-state index is 0.117. The van der Waals surface area contributed by atoms with Crippen LogP contribution in [0.4, 0.5) is 0 Å². The van der Waals surface area contributed by atoms with E-state index in [1.54, 1.807) is 24.3 Å². The Hall–Kier alpha value is -2.12. The van der Waals surface area contributed by atoms with E-state index in [0.29, 0.717) is 11.1 Å². The number of rotatable bonds is 6. The Bertz CT molecular complexity index is 725. The minimum atomic E-state index is -2.67. The molecule has 0 saturated heterocycles. The molecule has 0 amide bonds. The van der Waals surface area contributed by atoms with Crippen molar-refractivity contribution in [1.29, 1.82) is 0 Å². The largest absolute Gasteiger partial charge is 0.501 e. The van der Waals surface area contributed by atoms with Crippen molar-refractivity contribution in [2.45, 2.75) is 39.5 Å². The summed E-state index contributed by atoms with van der Waals surface area (Å²) in [6.07, 6.45) is 0. The highest BCUT2D eigenvalue weighted by atomic mass is 31.1. The van der Waals surface area contributed by atoms with Gasteiger partial charge in [0.05, 0.1) is 11.1 Å². The van der Waals surface area contributed by atoms with Gasteiger partial charge < -0.3 is 0 Å². The van der Waals surface area contributed by atoms with Gasteiger partial charge in [-0.15, -0.1) is 0 Å². The van der Waals surface area contributed by atoms with E-state index in [2.05, 4.69) is 0 Å². The topological polar surface area (TPSA) is 51.2 Å². The molecular formula is C20H22O3P+. The van der Waals surface area contributed by atoms with Gasteiger partial charge in [-0.3, -0.25) is 0 Å². The zero-order valence-corrected chi connectivity index (χ0v) is 15.3. The van der Waals surface area contributed by atoms with Crippen LogP contribution < -0.4 is 0 Å². The van der Waals surface area contributed by atoms with Crippen LogP contribution in [0.1, 0.15) is 71.4 Å². The van der Waals surface area contributed by atoms with Crippen LogP contribution in [0.3, 0.4) is 0 Å². The maximum Gasteiger partial charge on any atom is 0.501 e. The molecule has 0 aromatic heterocycles. The first-order chi connectivity index (χ1) is 11.3. The maximum absolute atomic E-state index is 12.7. The zero-order valence-electron chi connectivity index (χ0n) is 14.4. The van der Waals surface area contributed by atoms with Crippen LogP contribution in [0, 0.1) is 0 Å². The van der Waals surface area contributed by atoms with Gasteiger partial charge in [0.1, 0.15) is 0 Å². The van der Waals surface area contributed by atoms with Crippen LogP contribution in [0.5, 0.6) is 0 Å². The minimum Gasteiger partial charge on any atom is -0.234 e. The standard InChI is InChI=1S/C20H22O3P/c1-13(2)15-9-5-7-11-17(15)19(21)24(23)20(22)18-12-8-6-10-16(18)14(3)4/h5-14H,1-4H3/q+1. The molecule has 0 aliphatic carbocycles. The second-order valence-electron chi connectivity index (χ2n) is 6.39. The normalized spacial score (nSPS) is 10.9. The van der Waals surface area contributed by atoms with Crippen molar-refractivity contribution >= 4 is 18.8 Å². The molecule has 124 valence electrons. The Balaban J connectivity index is 2.40. The quantitative estimate of drug-likeness (QED) is 0.629. The van der Waals surface area contributed by atoms with Gasteiger partial charge in [0.15, 0.2) is 0 Å². The first kappa shape index (κ1) is 18.2. The third-order valence-corrected chi connectivity index (χ3v) is 5.21. The van der Waals surface area contributed by atoms with Crippen molar-refractivity contribution in [3.05, 3.63) is 70.8 Å². The summed E-state index contributed by atoms with van der Waals surface area (Å²) in [5.41, 5.74) is 1.22. The Labute approximate surface area is 143 Å². The fourth-order valence-electron chi connectivity index (χ4n) is 2.70. The van der Waals surface area contributed by atoms with Crippen LogP contribution in [-0.4, -0.2) is 11.0 Å². The molecule has 0 bridgehead atoms. The SMILES string of the molecule is CC(C)c1ccccc1C(=O)[P+](=O)C(=O)c1ccccc1C(C)C. The van der Waals surface area contributed by atoms with Crippen molar-refractivity contribution in [2.24, 2.45) is 0 Å². The molecule has 0 heterocycles. The highest BCUT2D eigenvalue weighted by Crippen LogP contribution is 2.36. The second-order valence-corrected chi connectivity index (χ2v) is 7.79. The lowest BCUT2D eigenvalue weighted by Gasteiger charge is -2.09. The number of carbonyl (C=O) groups excluding carboxylic acids is 2. The summed E-state index contributed by atoms with van der Waals surface area (Å²) >= 11 is 0. The summed E-state index contributed by atoms with van der Waals surface area (Å²) in [4.78, 5) is 25.3. The molecule has 0 fully saturated rings. The molecule has 2 aromatic rings. The molecule has 0 unspecified atom stereocenters. The van der Waals surface area contributed by atoms with Gasteiger partial charge in [-0.2, -0.15) is 0 Å². The lowest BCUT2D eigenvalue weighted by Crippen LogP contribution is -2.08. The maximum atomic E-state index is 12.7. The molecule has 2 rings (SSSR count). The molecular weight excluding hydrogens is 319 g/mol. The zero-order chi connectivity index (χ0) is 17.9. The molecule has 2 aromatic carbocycles. The predicted octanol–water partition coefficient (Wildman–Crippen LogP) is 5.74. The number of hydrogen-bond acceptors (Lipinski definition) is 3. The van der Waals surface area contributed by atoms with Gasteiger partial charge >= 0.3 is 18.8 Å². The molecule has 4 heteroatoms. The second kappa shape index (κ2) is 7.63. The Morgan fingerprint density at radius 2 is 1.04 bits per heavy atom. The summed E-state index contributed by atoms with van der Waals surface area (Å²) < 4.78 is 12.6. The smallest absolute Gasteiger partial charge is 0.234 e. The van der Waals surface area contributed by atoms with Crippen molar-refractivity contribution in [3.63, 3.8) is 0 Å². The van der Waals surface area contributed by atoms with Crippen molar-refractivity contribution < 1.29 is 14.2 Å². The van der Waals surface area contributed by atoms with E-state index in [9.17, 15) is 14.2 Å². The monoisotopic (exact) mass is 341 g/mol. The van der Waals surface area contributed by atoms with Gasteiger partial charge in [0.2, 0.25) is 0 Å². The average molecular weight is 341 g/mol. The molecule has 0 N–H and O–H groups in total. The molecule has 0 aliphatic rings. The van der Waals surface area contributed by atoms with Crippen LogP contribution in [0.25, 0.3) is 0 Å². The number of hydrogen-bond donors (Lipinski definition) is 0. The Morgan fingerprint density at radius 3 is 1.38 bits per heavy atom. The first-order valence-electron chi connectivity index (χ1n) is 8.08. The number of benzene rings is 2. The van der Waals surface area contributed by atoms with Crippen LogP contribution in [0.2, 0.25) is 0 Å². The summed E-state index contributed by atoms with van der Waals surface area (Å²) in [5, 5.41) is 0. The first-order valence-corrected chi connectivity index (χ1v) is 9.34. The van der Waals surface area contributed by atoms with E-state index in [1.807, 2.05) is 52.0 Å². The average Bonchev–Trinajstić information content (AvgIpc) is 2.59. The summed E-state index contributed by atoms with van der Waals surface area (Å²) in [5.74, 6) is 0.234. The summed E-state index contributed by atoms with van der Waals surface area (Å²) in [6.45, 7) is 7.87. The molecule has 24 heavy (non-hydrogen) atoms. The Morgan fingerprint density at radius 1 is 0.708 bits per heavy atom. The lowest BCUT2D eigenvalue weighted by atomic mass is 9.98. The molecule has 3 nitrogen and oxygen atoms in total. The summed E-state index contributed by atoms with van der Waals surface area (Å²) in [6, 6.07) is 14.1. The highest BCUT2D eigenvalue weighted by molar-refractivity contribution is 7.80. The number of carbonyl (C=O) groups is 2. The lowest BCUT2D eigenvalue weighted by molar-refractivity contribution is 0.104. The summed E-state index contributed by atoms with van der Waals surface area (Å²) in [7, 11) is -2.67. The fraction of sp³-hybridized carbons (Fsp3) is 0.300. The molecule has 0 spiro atoms. The third kappa shape index (κ3) is 3.68. The predicted molar refractivity (Wildman–Crippen MR) is 97.3 cm³/mol. The van der Waals surface area contributed by atoms with E-state index in [1.165, 1.54) is 0 Å². The highest BCUT2D eigenvalue weighted by Gasteiger charge is 2.42. The van der Waals surface area contributed by atoms with Crippen LogP contribution in [0.15, 0.2) is 48.5 Å². The molecule has 0 radical (unpaired) electrons. The Kier molecular flexibility index (Phi) is 5.80. The molecule has 0 aliphatic heterocycles. The van der Waals surface area contributed by atoms with Crippen molar-refractivity contribution in [3.8, 4) is 0 Å².